The van der Waals surface area contributed by atoms with E-state index in [0.29, 0.717) is 4.90 Å². The first-order valence-corrected chi connectivity index (χ1v) is 8.93. The third-order valence-corrected chi connectivity index (χ3v) is 6.38. The molecule has 1 spiro atoms. The van der Waals surface area contributed by atoms with Gasteiger partial charge in [-0.3, -0.25) is 4.79 Å². The zero-order chi connectivity index (χ0) is 19.5. The van der Waals surface area contributed by atoms with Gasteiger partial charge in [-0.15, -0.1) is 11.3 Å². The van der Waals surface area contributed by atoms with Crippen molar-refractivity contribution in [2.75, 3.05) is 13.2 Å². The van der Waals surface area contributed by atoms with E-state index in [1.807, 2.05) is 0 Å². The van der Waals surface area contributed by atoms with Gasteiger partial charge in [0.15, 0.2) is 5.60 Å². The van der Waals surface area contributed by atoms with Gasteiger partial charge in [0.25, 0.3) is 6.43 Å². The summed E-state index contributed by atoms with van der Waals surface area (Å²) in [7, 11) is 0. The Hall–Kier alpha value is -0.970. The van der Waals surface area contributed by atoms with Crippen LogP contribution in [0.3, 0.4) is 0 Å². The highest BCUT2D eigenvalue weighted by Gasteiger charge is 2.56. The number of likely N-dealkylation sites (tertiary alicyclic amines) is 1. The molecule has 1 amide bonds. The van der Waals surface area contributed by atoms with Gasteiger partial charge < -0.3 is 14.7 Å². The van der Waals surface area contributed by atoms with Crippen LogP contribution in [0.25, 0.3) is 0 Å². The lowest BCUT2D eigenvalue weighted by Gasteiger charge is -2.49. The van der Waals surface area contributed by atoms with E-state index in [1.54, 1.807) is 0 Å². The van der Waals surface area contributed by atoms with Crippen LogP contribution in [0.4, 0.5) is 22.0 Å². The average Bonchev–Trinajstić information content (AvgIpc) is 2.94. The summed E-state index contributed by atoms with van der Waals surface area (Å²) in [6.07, 6.45) is -8.13. The third-order valence-electron chi connectivity index (χ3n) is 4.93. The average molecular weight is 420 g/mol. The van der Waals surface area contributed by atoms with Gasteiger partial charge in [-0.2, -0.15) is 13.2 Å². The summed E-state index contributed by atoms with van der Waals surface area (Å²) in [4.78, 5) is 12.5. The molecule has 1 saturated heterocycles. The molecular formula is C15H15ClF5NO3S. The molecule has 11 heteroatoms. The summed E-state index contributed by atoms with van der Waals surface area (Å²) >= 11 is 6.91. The predicted octanol–water partition coefficient (Wildman–Crippen LogP) is 3.65. The molecule has 2 aliphatic heterocycles. The molecule has 1 N–H and O–H groups in total. The third kappa shape index (κ3) is 3.00. The van der Waals surface area contributed by atoms with Crippen molar-refractivity contribution in [2.24, 2.45) is 0 Å². The van der Waals surface area contributed by atoms with E-state index in [9.17, 15) is 31.9 Å². The quantitative estimate of drug-likeness (QED) is 0.707. The van der Waals surface area contributed by atoms with Crippen molar-refractivity contribution in [3.8, 4) is 0 Å². The maximum Gasteiger partial charge on any atom is 0.471 e. The molecule has 0 saturated carbocycles. The Bertz CT molecular complexity index is 727. The highest BCUT2D eigenvalue weighted by Crippen LogP contribution is 2.53. The fourth-order valence-corrected chi connectivity index (χ4v) is 5.09. The maximum absolute atomic E-state index is 13.4. The first kappa shape index (κ1) is 19.8. The second kappa shape index (κ2) is 6.29. The number of carbonyl (C=O) groups excluding carboxylic acids is 1. The Morgan fingerprint density at radius 1 is 1.50 bits per heavy atom. The summed E-state index contributed by atoms with van der Waals surface area (Å²) in [6, 6.07) is 0.417. The molecule has 0 aliphatic carbocycles. The van der Waals surface area contributed by atoms with Gasteiger partial charge in [0.2, 0.25) is 0 Å². The molecule has 3 heterocycles. The number of ether oxygens (including phenoxy) is 1. The van der Waals surface area contributed by atoms with Gasteiger partial charge in [0.1, 0.15) is 5.60 Å². The second-order valence-corrected chi connectivity index (χ2v) is 8.28. The number of piperidine rings is 1. The molecule has 3 rings (SSSR count). The Balaban J connectivity index is 1.94. The standard InChI is InChI=1S/C15H15ClF5NO3S/c1-7-5-13(2-3-22(7)12(23)15(19,20)21)10-8(4-9(16)26-10)14(24,6-25-13)11(17)18/h4,7,11,24H,2-3,5-6H2,1H3/t7-,13+,14+/m0/s1. The number of aliphatic hydroxyl groups is 1. The minimum absolute atomic E-state index is 0.0116. The summed E-state index contributed by atoms with van der Waals surface area (Å²) in [6.45, 7) is 0.489. The van der Waals surface area contributed by atoms with Crippen molar-refractivity contribution in [3.63, 3.8) is 0 Å². The predicted molar refractivity (Wildman–Crippen MR) is 83.3 cm³/mol. The number of hydrogen-bond donors (Lipinski definition) is 1. The lowest BCUT2D eigenvalue weighted by molar-refractivity contribution is -0.217. The van der Waals surface area contributed by atoms with E-state index in [4.69, 9.17) is 16.3 Å². The number of halogens is 6. The highest BCUT2D eigenvalue weighted by molar-refractivity contribution is 7.16. The molecule has 1 aromatic heterocycles. The Morgan fingerprint density at radius 3 is 2.69 bits per heavy atom. The number of fused-ring (bicyclic) bond motifs is 2. The van der Waals surface area contributed by atoms with Crippen LogP contribution in [-0.4, -0.2) is 47.7 Å². The monoisotopic (exact) mass is 419 g/mol. The van der Waals surface area contributed by atoms with Crippen molar-refractivity contribution < 1.29 is 36.6 Å². The second-order valence-electron chi connectivity index (χ2n) is 6.60. The first-order chi connectivity index (χ1) is 11.9. The lowest BCUT2D eigenvalue weighted by Crippen LogP contribution is -2.57. The minimum atomic E-state index is -4.99. The molecule has 0 aromatic carbocycles. The van der Waals surface area contributed by atoms with Gasteiger partial charge in [0.05, 0.1) is 10.9 Å². The molecule has 3 atom stereocenters. The van der Waals surface area contributed by atoms with Crippen LogP contribution in [0.5, 0.6) is 0 Å². The van der Waals surface area contributed by atoms with E-state index in [1.165, 1.54) is 13.0 Å². The summed E-state index contributed by atoms with van der Waals surface area (Å²) < 4.78 is 70.7. The maximum atomic E-state index is 13.4. The zero-order valence-electron chi connectivity index (χ0n) is 13.4. The van der Waals surface area contributed by atoms with Crippen LogP contribution < -0.4 is 0 Å². The molecular weight excluding hydrogens is 405 g/mol. The van der Waals surface area contributed by atoms with Crippen LogP contribution in [0.2, 0.25) is 4.34 Å². The fourth-order valence-electron chi connectivity index (χ4n) is 3.61. The molecule has 1 fully saturated rings. The molecule has 0 bridgehead atoms. The molecule has 26 heavy (non-hydrogen) atoms. The SMILES string of the molecule is C[C@H]1C[C@@]2(CCN1C(=O)C(F)(F)F)OC[C@](O)(C(F)F)c1cc(Cl)sc12. The number of thiophene rings is 1. The number of rotatable bonds is 1. The smallest absolute Gasteiger partial charge is 0.377 e. The number of carbonyl (C=O) groups is 1. The van der Waals surface area contributed by atoms with Gasteiger partial charge in [0, 0.05) is 29.4 Å². The van der Waals surface area contributed by atoms with Crippen LogP contribution in [0, 0.1) is 0 Å². The minimum Gasteiger partial charge on any atom is -0.377 e. The Kier molecular flexibility index (Phi) is 4.78. The van der Waals surface area contributed by atoms with E-state index in [0.717, 1.165) is 11.3 Å². The summed E-state index contributed by atoms with van der Waals surface area (Å²) in [5.74, 6) is -1.94. The van der Waals surface area contributed by atoms with Gasteiger partial charge in [-0.25, -0.2) is 8.78 Å². The number of nitrogens with zero attached hydrogens (tertiary/aromatic N) is 1. The van der Waals surface area contributed by atoms with E-state index >= 15 is 0 Å². The Morgan fingerprint density at radius 2 is 2.15 bits per heavy atom. The molecule has 0 radical (unpaired) electrons. The van der Waals surface area contributed by atoms with Crippen LogP contribution in [-0.2, 0) is 20.7 Å². The molecule has 1 aromatic rings. The van der Waals surface area contributed by atoms with Crippen molar-refractivity contribution in [1.29, 1.82) is 0 Å². The van der Waals surface area contributed by atoms with E-state index < -0.39 is 42.4 Å². The van der Waals surface area contributed by atoms with Crippen molar-refractivity contribution in [3.05, 3.63) is 20.8 Å². The number of alkyl halides is 5. The van der Waals surface area contributed by atoms with Gasteiger partial charge in [-0.1, -0.05) is 11.6 Å². The molecule has 0 unspecified atom stereocenters. The van der Waals surface area contributed by atoms with Crippen LogP contribution in [0.15, 0.2) is 6.07 Å². The first-order valence-electron chi connectivity index (χ1n) is 7.73. The van der Waals surface area contributed by atoms with Gasteiger partial charge >= 0.3 is 12.1 Å². The molecule has 2 aliphatic rings. The van der Waals surface area contributed by atoms with Gasteiger partial charge in [-0.05, 0) is 19.4 Å². The van der Waals surface area contributed by atoms with Crippen molar-refractivity contribution in [1.82, 2.24) is 4.90 Å². The fraction of sp³-hybridized carbons (Fsp3) is 0.667. The van der Waals surface area contributed by atoms with Crippen LogP contribution >= 0.6 is 22.9 Å². The normalized spacial score (nSPS) is 32.2. The van der Waals surface area contributed by atoms with Crippen molar-refractivity contribution in [2.45, 2.75) is 49.6 Å². The highest BCUT2D eigenvalue weighted by atomic mass is 35.5. The van der Waals surface area contributed by atoms with E-state index in [-0.39, 0.29) is 34.2 Å². The number of amides is 1. The van der Waals surface area contributed by atoms with Crippen molar-refractivity contribution >= 4 is 28.8 Å². The summed E-state index contributed by atoms with van der Waals surface area (Å²) in [5, 5.41) is 10.3. The summed E-state index contributed by atoms with van der Waals surface area (Å²) in [5.41, 5.74) is -3.74. The Labute approximate surface area is 154 Å². The zero-order valence-corrected chi connectivity index (χ0v) is 15.0. The number of hydrogen-bond acceptors (Lipinski definition) is 4. The molecule has 4 nitrogen and oxygen atoms in total. The molecule has 146 valence electrons. The lowest BCUT2D eigenvalue weighted by atomic mass is 9.78. The topological polar surface area (TPSA) is 49.8 Å². The van der Waals surface area contributed by atoms with Crippen LogP contribution in [0.1, 0.15) is 30.2 Å². The van der Waals surface area contributed by atoms with E-state index in [2.05, 4.69) is 0 Å². The largest absolute Gasteiger partial charge is 0.471 e.